The van der Waals surface area contributed by atoms with E-state index in [1.54, 1.807) is 0 Å². The fourth-order valence-electron chi connectivity index (χ4n) is 8.18. The number of fused-ring (bicyclic) bond motifs is 8. The Morgan fingerprint density at radius 3 is 2.14 bits per heavy atom. The number of nitrogens with two attached hydrogens (primary N) is 1. The number of para-hydroxylation sites is 1. The molecule has 0 fully saturated rings. The largest absolute Gasteiger partial charge is 0.309 e. The monoisotopic (exact) mass is 673 g/mol. The highest BCUT2D eigenvalue weighted by Gasteiger charge is 2.36. The van der Waals surface area contributed by atoms with Gasteiger partial charge in [0.2, 0.25) is 0 Å². The first-order valence-corrected chi connectivity index (χ1v) is 18.4. The minimum absolute atomic E-state index is 0.241. The number of thiophene rings is 1. The van der Waals surface area contributed by atoms with Crippen LogP contribution in [0.3, 0.4) is 0 Å². The summed E-state index contributed by atoms with van der Waals surface area (Å²) in [4.78, 5) is 5.40. The fourth-order valence-corrected chi connectivity index (χ4v) is 9.27. The molecule has 2 N–H and O–H groups in total. The smallest absolute Gasteiger partial charge is 0.123 e. The molecule has 1 aliphatic rings. The van der Waals surface area contributed by atoms with Gasteiger partial charge in [-0.05, 0) is 87.6 Å². The van der Waals surface area contributed by atoms with Crippen molar-refractivity contribution in [3.63, 3.8) is 0 Å². The van der Waals surface area contributed by atoms with E-state index in [0.29, 0.717) is 0 Å². The zero-order valence-corrected chi connectivity index (χ0v) is 29.3. The lowest BCUT2D eigenvalue weighted by Crippen LogP contribution is -2.25. The maximum absolute atomic E-state index is 7.06. The van der Waals surface area contributed by atoms with Crippen LogP contribution in [-0.4, -0.2) is 10.3 Å². The lowest BCUT2D eigenvalue weighted by molar-refractivity contribution is 0.659. The van der Waals surface area contributed by atoms with Crippen LogP contribution in [0.25, 0.3) is 64.5 Å². The maximum Gasteiger partial charge on any atom is 0.123 e. The molecule has 0 spiro atoms. The molecule has 51 heavy (non-hydrogen) atoms. The van der Waals surface area contributed by atoms with Crippen LogP contribution in [0.4, 0.5) is 0 Å². The van der Waals surface area contributed by atoms with E-state index in [1.165, 1.54) is 69.5 Å². The highest BCUT2D eigenvalue weighted by Crippen LogP contribution is 2.44. The van der Waals surface area contributed by atoms with Crippen molar-refractivity contribution in [1.29, 1.82) is 0 Å². The van der Waals surface area contributed by atoms with Crippen LogP contribution in [0.1, 0.15) is 42.3 Å². The standard InChI is InChI=1S/C47H35N3S/c1-47(2)39-16-8-5-13-32(39)27-40(47)45(49-46(48)33-21-24-44-38(26-33)36-15-7-10-18-43(36)51-44)29-19-22-34(23-20-29)50-41-17-9-6-14-35(41)37-25-30-11-3-4-12-31(30)28-42(37)50/h3-28,46H,48H2,1-2H3/b49-45-. The number of aromatic nitrogens is 1. The van der Waals surface area contributed by atoms with E-state index >= 15 is 0 Å². The second-order valence-corrected chi connectivity index (χ2v) is 15.2. The van der Waals surface area contributed by atoms with Crippen LogP contribution < -0.4 is 5.73 Å². The number of hydrogen-bond acceptors (Lipinski definition) is 3. The maximum atomic E-state index is 7.06. The summed E-state index contributed by atoms with van der Waals surface area (Å²) in [6, 6.07) is 54.7. The van der Waals surface area contributed by atoms with Crippen molar-refractivity contribution in [2.24, 2.45) is 10.7 Å². The first-order valence-electron chi connectivity index (χ1n) is 17.5. The van der Waals surface area contributed by atoms with E-state index in [1.807, 2.05) is 11.3 Å². The molecule has 3 nitrogen and oxygen atoms in total. The molecule has 2 heterocycles. The highest BCUT2D eigenvalue weighted by molar-refractivity contribution is 7.25. The predicted octanol–water partition coefficient (Wildman–Crippen LogP) is 12.1. The molecule has 0 saturated carbocycles. The zero-order chi connectivity index (χ0) is 34.3. The Hall–Kier alpha value is -5.81. The second-order valence-electron chi connectivity index (χ2n) is 14.2. The quantitative estimate of drug-likeness (QED) is 0.182. The summed E-state index contributed by atoms with van der Waals surface area (Å²) in [5.74, 6) is 0. The molecule has 0 saturated heterocycles. The van der Waals surface area contributed by atoms with Crippen molar-refractivity contribution in [1.82, 2.24) is 4.57 Å². The SMILES string of the molecule is CC1(C)C(/C(=N\C(N)c2ccc3sc4ccccc4c3c2)c2ccc(-n3c4ccccc4c4cc5ccccc5cc43)cc2)=Cc2ccccc21. The van der Waals surface area contributed by atoms with Crippen molar-refractivity contribution in [3.8, 4) is 5.69 Å². The van der Waals surface area contributed by atoms with E-state index in [9.17, 15) is 0 Å². The molecule has 1 atom stereocenters. The minimum Gasteiger partial charge on any atom is -0.309 e. The number of rotatable bonds is 5. The van der Waals surface area contributed by atoms with Gasteiger partial charge in [0.25, 0.3) is 0 Å². The number of allylic oxidation sites excluding steroid dienone is 1. The molecule has 2 aromatic heterocycles. The van der Waals surface area contributed by atoms with Crippen LogP contribution in [0.15, 0.2) is 162 Å². The molecule has 9 aromatic rings. The molecular weight excluding hydrogens is 639 g/mol. The Morgan fingerprint density at radius 1 is 0.627 bits per heavy atom. The lowest BCUT2D eigenvalue weighted by Gasteiger charge is -2.27. The van der Waals surface area contributed by atoms with Crippen molar-refractivity contribution >= 4 is 75.9 Å². The van der Waals surface area contributed by atoms with Crippen molar-refractivity contribution in [3.05, 3.63) is 179 Å². The summed E-state index contributed by atoms with van der Waals surface area (Å²) in [5.41, 5.74) is 17.0. The van der Waals surface area contributed by atoms with Crippen molar-refractivity contribution in [2.45, 2.75) is 25.4 Å². The summed E-state index contributed by atoms with van der Waals surface area (Å²) in [7, 11) is 0. The van der Waals surface area contributed by atoms with E-state index in [0.717, 1.165) is 22.5 Å². The molecule has 10 rings (SSSR count). The second kappa shape index (κ2) is 11.4. The number of aliphatic imine (C=N–C) groups is 1. The van der Waals surface area contributed by atoms with Gasteiger partial charge in [0.05, 0.1) is 16.7 Å². The topological polar surface area (TPSA) is 43.3 Å². The van der Waals surface area contributed by atoms with Crippen LogP contribution >= 0.6 is 11.3 Å². The van der Waals surface area contributed by atoms with Gasteiger partial charge in [-0.3, -0.25) is 4.99 Å². The van der Waals surface area contributed by atoms with Crippen LogP contribution in [0.2, 0.25) is 0 Å². The van der Waals surface area contributed by atoms with E-state index in [-0.39, 0.29) is 5.41 Å². The van der Waals surface area contributed by atoms with Crippen LogP contribution in [0.5, 0.6) is 0 Å². The van der Waals surface area contributed by atoms with Gasteiger partial charge >= 0.3 is 0 Å². The van der Waals surface area contributed by atoms with Gasteiger partial charge in [-0.25, -0.2) is 0 Å². The predicted molar refractivity (Wildman–Crippen MR) is 219 cm³/mol. The molecule has 0 radical (unpaired) electrons. The first-order chi connectivity index (χ1) is 24.9. The lowest BCUT2D eigenvalue weighted by atomic mass is 9.78. The summed E-state index contributed by atoms with van der Waals surface area (Å²) in [5, 5.41) is 7.49. The van der Waals surface area contributed by atoms with Crippen LogP contribution in [-0.2, 0) is 5.41 Å². The molecule has 0 aliphatic heterocycles. The molecule has 244 valence electrons. The normalized spacial score (nSPS) is 14.9. The van der Waals surface area contributed by atoms with Gasteiger partial charge in [-0.15, -0.1) is 11.3 Å². The number of benzene rings is 7. The molecule has 4 heteroatoms. The van der Waals surface area contributed by atoms with Gasteiger partial charge in [0, 0.05) is 47.6 Å². The van der Waals surface area contributed by atoms with Gasteiger partial charge in [0.1, 0.15) is 6.17 Å². The zero-order valence-electron chi connectivity index (χ0n) is 28.5. The average molecular weight is 674 g/mol. The van der Waals surface area contributed by atoms with Gasteiger partial charge < -0.3 is 10.3 Å². The number of nitrogens with zero attached hydrogens (tertiary/aromatic N) is 2. The Morgan fingerprint density at radius 2 is 1.31 bits per heavy atom. The van der Waals surface area contributed by atoms with E-state index in [2.05, 4.69) is 176 Å². The van der Waals surface area contributed by atoms with E-state index < -0.39 is 6.17 Å². The highest BCUT2D eigenvalue weighted by atomic mass is 32.1. The third kappa shape index (κ3) is 4.71. The molecule has 1 unspecified atom stereocenters. The van der Waals surface area contributed by atoms with Crippen molar-refractivity contribution in [2.75, 3.05) is 0 Å². The summed E-state index contributed by atoms with van der Waals surface area (Å²) in [6.45, 7) is 4.60. The Labute approximate surface area is 300 Å². The van der Waals surface area contributed by atoms with Gasteiger partial charge in [0.15, 0.2) is 0 Å². The fraction of sp³-hybridized carbons (Fsp3) is 0.0851. The molecule has 7 aromatic carbocycles. The van der Waals surface area contributed by atoms with E-state index in [4.69, 9.17) is 10.7 Å². The Kier molecular flexibility index (Phi) is 6.69. The van der Waals surface area contributed by atoms with Gasteiger partial charge in [-0.1, -0.05) is 117 Å². The molecule has 0 bridgehead atoms. The average Bonchev–Trinajstić information content (AvgIpc) is 3.79. The van der Waals surface area contributed by atoms with Crippen molar-refractivity contribution < 1.29 is 0 Å². The minimum atomic E-state index is -0.534. The summed E-state index contributed by atoms with van der Waals surface area (Å²) >= 11 is 1.82. The summed E-state index contributed by atoms with van der Waals surface area (Å²) < 4.78 is 4.94. The van der Waals surface area contributed by atoms with Crippen LogP contribution in [0, 0.1) is 0 Å². The third-order valence-electron chi connectivity index (χ3n) is 10.8. The van der Waals surface area contributed by atoms with Gasteiger partial charge in [-0.2, -0.15) is 0 Å². The third-order valence-corrected chi connectivity index (χ3v) is 12.0. The Balaban J connectivity index is 1.12. The summed E-state index contributed by atoms with van der Waals surface area (Å²) in [6.07, 6.45) is 1.77. The molecule has 1 aliphatic carbocycles. The molecule has 0 amide bonds. The molecular formula is C47H35N3S. The number of hydrogen-bond donors (Lipinski definition) is 1. The Bertz CT molecular complexity index is 2900. The first kappa shape index (κ1) is 30.1.